The molecule has 0 unspecified atom stereocenters. The van der Waals surface area contributed by atoms with Crippen LogP contribution in [0.15, 0.2) is 23.1 Å². The summed E-state index contributed by atoms with van der Waals surface area (Å²) < 4.78 is 1.70. The molecule has 1 nitrogen and oxygen atoms in total. The molecule has 4 heteroatoms. The van der Waals surface area contributed by atoms with Crippen LogP contribution in [0.5, 0.6) is 0 Å². The third-order valence-corrected chi connectivity index (χ3v) is 3.69. The predicted octanol–water partition coefficient (Wildman–Crippen LogP) is 3.43. The maximum absolute atomic E-state index is 5.88. The van der Waals surface area contributed by atoms with E-state index in [1.54, 1.807) is 0 Å². The molecule has 1 aromatic carbocycles. The van der Waals surface area contributed by atoms with Crippen molar-refractivity contribution in [3.05, 3.63) is 22.5 Å². The second-order valence-electron chi connectivity index (χ2n) is 2.44. The smallest absolute Gasteiger partial charge is 0.117 e. The molecule has 0 aliphatic carbocycles. The minimum absolute atomic E-state index is 0.645. The molecule has 2 N–H and O–H groups in total. The molecule has 0 bridgehead atoms. The van der Waals surface area contributed by atoms with Crippen molar-refractivity contribution in [1.29, 1.82) is 0 Å². The Bertz CT molecular complexity index is 436. The van der Waals surface area contributed by atoms with Crippen molar-refractivity contribution in [2.24, 2.45) is 0 Å². The van der Waals surface area contributed by atoms with Crippen LogP contribution in [0.2, 0.25) is 4.34 Å². The lowest BCUT2D eigenvalue weighted by atomic mass is 10.2. The summed E-state index contributed by atoms with van der Waals surface area (Å²) in [4.78, 5) is 0.927. The monoisotopic (exact) mass is 215 g/mol. The van der Waals surface area contributed by atoms with Crippen molar-refractivity contribution in [1.82, 2.24) is 0 Å². The number of nitrogen functional groups attached to an aromatic ring is 1. The molecule has 0 amide bonds. The molecule has 0 aliphatic heterocycles. The molecule has 0 saturated carbocycles. The number of nitrogens with two attached hydrogens (primary N) is 1. The van der Waals surface area contributed by atoms with E-state index in [9.17, 15) is 0 Å². The molecule has 1 aromatic heterocycles. The molecule has 0 radical (unpaired) electrons. The zero-order chi connectivity index (χ0) is 8.72. The SMILES string of the molecule is Nc1c(Cl)sc2c(S)cccc12. The van der Waals surface area contributed by atoms with Gasteiger partial charge in [0.15, 0.2) is 0 Å². The van der Waals surface area contributed by atoms with Gasteiger partial charge in [-0.2, -0.15) is 0 Å². The Morgan fingerprint density at radius 2 is 2.17 bits per heavy atom. The van der Waals surface area contributed by atoms with E-state index >= 15 is 0 Å². The van der Waals surface area contributed by atoms with E-state index in [0.717, 1.165) is 15.0 Å². The molecule has 0 atom stereocenters. The van der Waals surface area contributed by atoms with Crippen molar-refractivity contribution in [3.8, 4) is 0 Å². The standard InChI is InChI=1S/C8H6ClNS2/c9-8-6(10)4-2-1-3-5(11)7(4)12-8/h1-3,11H,10H2. The summed E-state index contributed by atoms with van der Waals surface area (Å²) in [6.45, 7) is 0. The van der Waals surface area contributed by atoms with Gasteiger partial charge in [-0.05, 0) is 6.07 Å². The van der Waals surface area contributed by atoms with Gasteiger partial charge in [0.2, 0.25) is 0 Å². The lowest BCUT2D eigenvalue weighted by molar-refractivity contribution is 1.61. The molecule has 1 heterocycles. The Morgan fingerprint density at radius 1 is 1.42 bits per heavy atom. The summed E-state index contributed by atoms with van der Waals surface area (Å²) in [6.07, 6.45) is 0. The number of thiophene rings is 1. The maximum atomic E-state index is 5.88. The molecular formula is C8H6ClNS2. The van der Waals surface area contributed by atoms with Gasteiger partial charge in [-0.1, -0.05) is 23.7 Å². The number of hydrogen-bond donors (Lipinski definition) is 2. The van der Waals surface area contributed by atoms with Gasteiger partial charge in [0, 0.05) is 10.3 Å². The fourth-order valence-corrected chi connectivity index (χ4v) is 2.63. The number of halogens is 1. The summed E-state index contributed by atoms with van der Waals surface area (Å²) in [6, 6.07) is 5.80. The lowest BCUT2D eigenvalue weighted by Crippen LogP contribution is -1.80. The summed E-state index contributed by atoms with van der Waals surface area (Å²) in [7, 11) is 0. The second-order valence-corrected chi connectivity index (χ2v) is 4.55. The summed E-state index contributed by atoms with van der Waals surface area (Å²) in [5, 5.41) is 0.998. The van der Waals surface area contributed by atoms with Crippen LogP contribution < -0.4 is 5.73 Å². The number of benzene rings is 1. The average molecular weight is 216 g/mol. The highest BCUT2D eigenvalue weighted by molar-refractivity contribution is 7.80. The van der Waals surface area contributed by atoms with Crippen molar-refractivity contribution in [2.45, 2.75) is 4.90 Å². The first-order valence-electron chi connectivity index (χ1n) is 3.35. The third kappa shape index (κ3) is 1.09. The average Bonchev–Trinajstić information content (AvgIpc) is 2.32. The maximum Gasteiger partial charge on any atom is 0.117 e. The lowest BCUT2D eigenvalue weighted by Gasteiger charge is -1.92. The first kappa shape index (κ1) is 8.23. The number of anilines is 1. The summed E-state index contributed by atoms with van der Waals surface area (Å²) >= 11 is 11.7. The molecule has 62 valence electrons. The van der Waals surface area contributed by atoms with Gasteiger partial charge in [-0.3, -0.25) is 0 Å². The van der Waals surface area contributed by atoms with E-state index in [-0.39, 0.29) is 0 Å². The Labute approximate surface area is 84.6 Å². The molecule has 2 rings (SSSR count). The van der Waals surface area contributed by atoms with E-state index in [0.29, 0.717) is 10.0 Å². The Morgan fingerprint density at radius 3 is 2.83 bits per heavy atom. The van der Waals surface area contributed by atoms with Crippen LogP contribution in [-0.4, -0.2) is 0 Å². The second kappa shape index (κ2) is 2.83. The molecule has 0 spiro atoms. The normalized spacial score (nSPS) is 10.8. The first-order chi connectivity index (χ1) is 5.70. The highest BCUT2D eigenvalue weighted by Crippen LogP contribution is 2.39. The first-order valence-corrected chi connectivity index (χ1v) is 5.00. The van der Waals surface area contributed by atoms with Gasteiger partial charge in [0.1, 0.15) is 4.34 Å². The van der Waals surface area contributed by atoms with Crippen molar-refractivity contribution in [3.63, 3.8) is 0 Å². The molecule has 0 saturated heterocycles. The number of rotatable bonds is 0. The van der Waals surface area contributed by atoms with Crippen LogP contribution in [0.3, 0.4) is 0 Å². The van der Waals surface area contributed by atoms with Crippen molar-refractivity contribution < 1.29 is 0 Å². The van der Waals surface area contributed by atoms with Crippen LogP contribution in [0.25, 0.3) is 10.1 Å². The number of hydrogen-bond acceptors (Lipinski definition) is 3. The van der Waals surface area contributed by atoms with Crippen LogP contribution in [0.1, 0.15) is 0 Å². The van der Waals surface area contributed by atoms with Crippen LogP contribution >= 0.6 is 35.6 Å². The van der Waals surface area contributed by atoms with Crippen LogP contribution in [-0.2, 0) is 0 Å². The number of thiol groups is 1. The van der Waals surface area contributed by atoms with E-state index in [1.165, 1.54) is 11.3 Å². The highest BCUT2D eigenvalue weighted by atomic mass is 35.5. The van der Waals surface area contributed by atoms with E-state index in [1.807, 2.05) is 18.2 Å². The third-order valence-electron chi connectivity index (χ3n) is 1.69. The summed E-state index contributed by atoms with van der Waals surface area (Å²) in [5.74, 6) is 0. The number of fused-ring (bicyclic) bond motifs is 1. The highest BCUT2D eigenvalue weighted by Gasteiger charge is 2.08. The largest absolute Gasteiger partial charge is 0.396 e. The van der Waals surface area contributed by atoms with Gasteiger partial charge in [0.05, 0.1) is 10.4 Å². The Hall–Kier alpha value is -0.380. The van der Waals surface area contributed by atoms with Crippen LogP contribution in [0.4, 0.5) is 5.69 Å². The molecule has 2 aromatic rings. The fourth-order valence-electron chi connectivity index (χ4n) is 1.09. The Balaban J connectivity index is 2.95. The van der Waals surface area contributed by atoms with Gasteiger partial charge >= 0.3 is 0 Å². The van der Waals surface area contributed by atoms with E-state index in [4.69, 9.17) is 17.3 Å². The topological polar surface area (TPSA) is 26.0 Å². The van der Waals surface area contributed by atoms with Gasteiger partial charge in [-0.15, -0.1) is 24.0 Å². The predicted molar refractivity (Wildman–Crippen MR) is 58.5 cm³/mol. The Kier molecular flexibility index (Phi) is 1.94. The van der Waals surface area contributed by atoms with Gasteiger partial charge < -0.3 is 5.73 Å². The van der Waals surface area contributed by atoms with Gasteiger partial charge in [-0.25, -0.2) is 0 Å². The van der Waals surface area contributed by atoms with Crippen LogP contribution in [0, 0.1) is 0 Å². The molecule has 12 heavy (non-hydrogen) atoms. The zero-order valence-electron chi connectivity index (χ0n) is 6.04. The summed E-state index contributed by atoms with van der Waals surface area (Å²) in [5.41, 5.74) is 6.41. The minimum Gasteiger partial charge on any atom is -0.396 e. The fraction of sp³-hybridized carbons (Fsp3) is 0. The van der Waals surface area contributed by atoms with Crippen molar-refractivity contribution >= 4 is 51.3 Å². The molecule has 0 fully saturated rings. The minimum atomic E-state index is 0.645. The quantitative estimate of drug-likeness (QED) is 0.647. The zero-order valence-corrected chi connectivity index (χ0v) is 8.51. The van der Waals surface area contributed by atoms with Crippen molar-refractivity contribution in [2.75, 3.05) is 5.73 Å². The van der Waals surface area contributed by atoms with E-state index < -0.39 is 0 Å². The van der Waals surface area contributed by atoms with Gasteiger partial charge in [0.25, 0.3) is 0 Å². The molecular weight excluding hydrogens is 210 g/mol. The van der Waals surface area contributed by atoms with E-state index in [2.05, 4.69) is 12.6 Å². The molecule has 0 aliphatic rings.